The van der Waals surface area contributed by atoms with Crippen LogP contribution in [0.2, 0.25) is 0 Å². The van der Waals surface area contributed by atoms with Gasteiger partial charge in [-0.3, -0.25) is 0 Å². The van der Waals surface area contributed by atoms with Crippen LogP contribution < -0.4 is 0 Å². The fourth-order valence-electron chi connectivity index (χ4n) is 9.92. The summed E-state index contributed by atoms with van der Waals surface area (Å²) in [5.41, 5.74) is 21.3. The molecule has 3 nitrogen and oxygen atoms in total. The van der Waals surface area contributed by atoms with Gasteiger partial charge in [-0.1, -0.05) is 206 Å². The van der Waals surface area contributed by atoms with E-state index >= 15 is 0 Å². The van der Waals surface area contributed by atoms with Gasteiger partial charge in [0.25, 0.3) is 0 Å². The highest BCUT2D eigenvalue weighted by Gasteiger charge is 2.43. The molecule has 0 amide bonds. The zero-order valence-electron chi connectivity index (χ0n) is 33.4. The maximum absolute atomic E-state index is 5.12. The molecule has 2 unspecified atom stereocenters. The lowest BCUT2D eigenvalue weighted by Gasteiger charge is -2.43. The lowest BCUT2D eigenvalue weighted by atomic mass is 9.60. The van der Waals surface area contributed by atoms with Crippen molar-refractivity contribution in [3.8, 4) is 78.7 Å². The first-order valence-corrected chi connectivity index (χ1v) is 21.1. The molecule has 9 aromatic rings. The van der Waals surface area contributed by atoms with Crippen molar-refractivity contribution in [2.75, 3.05) is 0 Å². The molecule has 286 valence electrons. The van der Waals surface area contributed by atoms with E-state index in [1.165, 1.54) is 44.5 Å². The summed E-state index contributed by atoms with van der Waals surface area (Å²) in [4.78, 5) is 15.3. The van der Waals surface area contributed by atoms with Gasteiger partial charge in [0.1, 0.15) is 0 Å². The lowest BCUT2D eigenvalue weighted by Crippen LogP contribution is -2.27. The Labute approximate surface area is 356 Å². The zero-order valence-corrected chi connectivity index (χ0v) is 33.4. The normalized spacial score (nSPS) is 15.7. The molecule has 3 heteroatoms. The minimum Gasteiger partial charge on any atom is -0.208 e. The van der Waals surface area contributed by atoms with Crippen LogP contribution in [0.1, 0.15) is 40.5 Å². The molecule has 2 atom stereocenters. The number of aromatic nitrogens is 3. The van der Waals surface area contributed by atoms with Crippen LogP contribution in [0.3, 0.4) is 0 Å². The maximum atomic E-state index is 5.12. The molecule has 0 aliphatic heterocycles. The molecule has 0 saturated heterocycles. The van der Waals surface area contributed by atoms with Crippen LogP contribution in [-0.2, 0) is 0 Å². The van der Waals surface area contributed by atoms with Crippen molar-refractivity contribution in [1.29, 1.82) is 0 Å². The van der Waals surface area contributed by atoms with Crippen LogP contribution in [0, 0.1) is 0 Å². The van der Waals surface area contributed by atoms with Crippen molar-refractivity contribution in [3.63, 3.8) is 0 Å². The number of hydrogen-bond acceptors (Lipinski definition) is 3. The summed E-state index contributed by atoms with van der Waals surface area (Å²) in [6.45, 7) is 0. The van der Waals surface area contributed by atoms with Crippen molar-refractivity contribution in [2.24, 2.45) is 0 Å². The molecule has 13 rings (SSSR count). The topological polar surface area (TPSA) is 38.7 Å². The molecule has 0 radical (unpaired) electrons. The Balaban J connectivity index is 0.889. The summed E-state index contributed by atoms with van der Waals surface area (Å²) < 4.78 is 0. The monoisotopic (exact) mass is 777 g/mol. The van der Waals surface area contributed by atoms with Gasteiger partial charge in [-0.15, -0.1) is 0 Å². The number of hydrogen-bond donors (Lipinski definition) is 0. The van der Waals surface area contributed by atoms with Gasteiger partial charge in [0.05, 0.1) is 0 Å². The fourth-order valence-corrected chi connectivity index (χ4v) is 9.92. The molecule has 1 heterocycles. The van der Waals surface area contributed by atoms with Gasteiger partial charge < -0.3 is 0 Å². The fraction of sp³-hybridized carbons (Fsp3) is 0.0517. The maximum Gasteiger partial charge on any atom is 0.164 e. The van der Waals surface area contributed by atoms with Crippen molar-refractivity contribution >= 4 is 0 Å². The summed E-state index contributed by atoms with van der Waals surface area (Å²) >= 11 is 0. The summed E-state index contributed by atoms with van der Waals surface area (Å²) in [6, 6.07) is 71.6. The van der Waals surface area contributed by atoms with E-state index in [0.717, 1.165) is 50.9 Å². The lowest BCUT2D eigenvalue weighted by molar-refractivity contribution is 0.741. The molecule has 0 spiro atoms. The standard InChI is InChI=1S/C58H39N3/c1-3-13-37(14-4-1)43-17-9-19-45(35-43)57-59-56(60-58(61-57)46-20-10-18-44(36-46)38-15-5-2-6-16-38)42-33-29-40(30-34-42)39-27-31-41(32-28-39)47-23-11-26-52-53-48-21-7-8-22-50(48)55(54(47)52)51-25-12-24-49(51)53/h1-24,26-36,53,55H,25H2. The molecular formula is C58H39N3. The predicted octanol–water partition coefficient (Wildman–Crippen LogP) is 14.4. The van der Waals surface area contributed by atoms with Crippen LogP contribution in [0.25, 0.3) is 78.7 Å². The third-order valence-corrected chi connectivity index (χ3v) is 12.8. The highest BCUT2D eigenvalue weighted by atomic mass is 15.0. The number of allylic oxidation sites excluding steroid dienone is 4. The first kappa shape index (κ1) is 35.2. The van der Waals surface area contributed by atoms with Gasteiger partial charge in [0.2, 0.25) is 0 Å². The van der Waals surface area contributed by atoms with Gasteiger partial charge in [0.15, 0.2) is 17.5 Å². The minimum atomic E-state index is 0.307. The Kier molecular flexibility index (Phi) is 8.38. The highest BCUT2D eigenvalue weighted by Crippen LogP contribution is 2.60. The smallest absolute Gasteiger partial charge is 0.164 e. The number of benzene rings is 8. The van der Waals surface area contributed by atoms with E-state index in [-0.39, 0.29) is 0 Å². The molecule has 0 fully saturated rings. The van der Waals surface area contributed by atoms with Crippen molar-refractivity contribution in [1.82, 2.24) is 15.0 Å². The predicted molar refractivity (Wildman–Crippen MR) is 249 cm³/mol. The van der Waals surface area contributed by atoms with Crippen LogP contribution in [0.15, 0.2) is 223 Å². The Hall–Kier alpha value is -7.75. The Bertz CT molecular complexity index is 3100. The Morgan fingerprint density at radius 1 is 0.328 bits per heavy atom. The molecular weight excluding hydrogens is 739 g/mol. The van der Waals surface area contributed by atoms with Gasteiger partial charge in [-0.25, -0.2) is 15.0 Å². The molecule has 2 bridgehead atoms. The Morgan fingerprint density at radius 3 is 1.34 bits per heavy atom. The van der Waals surface area contributed by atoms with E-state index < -0.39 is 0 Å². The molecule has 1 aromatic heterocycles. The van der Waals surface area contributed by atoms with E-state index in [0.29, 0.717) is 29.3 Å². The summed E-state index contributed by atoms with van der Waals surface area (Å²) in [6.07, 6.45) is 5.78. The number of rotatable bonds is 7. The van der Waals surface area contributed by atoms with E-state index in [1.807, 2.05) is 12.1 Å². The average Bonchev–Trinajstić information content (AvgIpc) is 3.85. The quantitative estimate of drug-likeness (QED) is 0.162. The van der Waals surface area contributed by atoms with Crippen LogP contribution >= 0.6 is 0 Å². The second kappa shape index (κ2) is 14.5. The first-order chi connectivity index (χ1) is 30.2. The molecule has 4 aliphatic rings. The van der Waals surface area contributed by atoms with E-state index in [4.69, 9.17) is 15.0 Å². The summed E-state index contributed by atoms with van der Waals surface area (Å²) in [5, 5.41) is 0. The second-order valence-corrected chi connectivity index (χ2v) is 16.2. The molecule has 0 N–H and O–H groups in total. The third-order valence-electron chi connectivity index (χ3n) is 12.8. The second-order valence-electron chi connectivity index (χ2n) is 16.2. The molecule has 61 heavy (non-hydrogen) atoms. The van der Waals surface area contributed by atoms with Crippen LogP contribution in [0.4, 0.5) is 0 Å². The summed E-state index contributed by atoms with van der Waals surface area (Å²) in [5.74, 6) is 2.54. The van der Waals surface area contributed by atoms with Gasteiger partial charge >= 0.3 is 0 Å². The number of nitrogens with zero attached hydrogens (tertiary/aromatic N) is 3. The van der Waals surface area contributed by atoms with Crippen LogP contribution in [0.5, 0.6) is 0 Å². The zero-order chi connectivity index (χ0) is 40.3. The van der Waals surface area contributed by atoms with E-state index in [2.05, 4.69) is 200 Å². The highest BCUT2D eigenvalue weighted by molar-refractivity contribution is 5.81. The van der Waals surface area contributed by atoms with Crippen molar-refractivity contribution in [3.05, 3.63) is 246 Å². The molecule has 4 aliphatic carbocycles. The largest absolute Gasteiger partial charge is 0.208 e. The molecule has 0 saturated carbocycles. The SMILES string of the molecule is C1=CC2=C(C1)C1c3ccccc3C2c2cccc(-c3ccc(-c4ccc(-c5nc(-c6cccc(-c7ccccc7)c6)nc(-c6cccc(-c7ccccc7)c6)n5)cc4)cc3)c21. The Morgan fingerprint density at radius 2 is 0.754 bits per heavy atom. The third kappa shape index (κ3) is 6.08. The van der Waals surface area contributed by atoms with Gasteiger partial charge in [-0.2, -0.15) is 0 Å². The van der Waals surface area contributed by atoms with E-state index in [9.17, 15) is 0 Å². The summed E-state index contributed by atoms with van der Waals surface area (Å²) in [7, 11) is 0. The molecule has 8 aromatic carbocycles. The average molecular weight is 778 g/mol. The first-order valence-electron chi connectivity index (χ1n) is 21.1. The van der Waals surface area contributed by atoms with Crippen LogP contribution in [-0.4, -0.2) is 15.0 Å². The van der Waals surface area contributed by atoms with Crippen molar-refractivity contribution < 1.29 is 0 Å². The van der Waals surface area contributed by atoms with Crippen molar-refractivity contribution in [2.45, 2.75) is 18.3 Å². The van der Waals surface area contributed by atoms with Gasteiger partial charge in [0, 0.05) is 28.5 Å². The van der Waals surface area contributed by atoms with Gasteiger partial charge in [-0.05, 0) is 90.9 Å². The van der Waals surface area contributed by atoms with E-state index in [1.54, 1.807) is 5.57 Å². The minimum absolute atomic E-state index is 0.307.